The van der Waals surface area contributed by atoms with Gasteiger partial charge in [0.15, 0.2) is 0 Å². The third-order valence-electron chi connectivity index (χ3n) is 2.78. The molecule has 0 saturated carbocycles. The Bertz CT molecular complexity index is 654. The fourth-order valence-electron chi connectivity index (χ4n) is 1.80. The van der Waals surface area contributed by atoms with Crippen LogP contribution in [0.25, 0.3) is 0 Å². The van der Waals surface area contributed by atoms with E-state index in [9.17, 15) is 9.59 Å². The van der Waals surface area contributed by atoms with Gasteiger partial charge >= 0.3 is 0 Å². The quantitative estimate of drug-likeness (QED) is 0.919. The lowest BCUT2D eigenvalue weighted by Gasteiger charge is -2.16. The number of halogens is 1. The van der Waals surface area contributed by atoms with Crippen molar-refractivity contribution in [3.63, 3.8) is 0 Å². The van der Waals surface area contributed by atoms with Crippen molar-refractivity contribution in [3.8, 4) is 0 Å². The number of primary amides is 1. The summed E-state index contributed by atoms with van der Waals surface area (Å²) in [5.41, 5.74) is 7.07. The van der Waals surface area contributed by atoms with Crippen molar-refractivity contribution in [1.29, 1.82) is 0 Å². The molecule has 2 rings (SSSR count). The molecule has 6 heteroatoms. The van der Waals surface area contributed by atoms with Gasteiger partial charge in [0.25, 0.3) is 5.91 Å². The summed E-state index contributed by atoms with van der Waals surface area (Å²) in [7, 11) is 1.73. The number of amides is 2. The molecule has 0 aliphatic heterocycles. The molecule has 20 heavy (non-hydrogen) atoms. The SMILES string of the molecule is CN(Cc1csc(Br)c1)C(=O)c1cccc(C(N)=O)c1. The molecule has 1 aromatic heterocycles. The standard InChI is InChI=1S/C14H13BrN2O2S/c1-17(7-9-5-12(15)20-8-9)14(19)11-4-2-3-10(6-11)13(16)18/h2-6,8H,7H2,1H3,(H2,16,18). The minimum atomic E-state index is -0.538. The zero-order valence-corrected chi connectivity index (χ0v) is 13.2. The average molecular weight is 353 g/mol. The smallest absolute Gasteiger partial charge is 0.253 e. The topological polar surface area (TPSA) is 63.4 Å². The summed E-state index contributed by atoms with van der Waals surface area (Å²) in [5, 5.41) is 1.99. The summed E-state index contributed by atoms with van der Waals surface area (Å²) in [6.45, 7) is 0.516. The molecule has 0 spiro atoms. The highest BCUT2D eigenvalue weighted by atomic mass is 79.9. The lowest BCUT2D eigenvalue weighted by Crippen LogP contribution is -2.26. The Hall–Kier alpha value is -1.66. The zero-order valence-electron chi connectivity index (χ0n) is 10.8. The number of hydrogen-bond donors (Lipinski definition) is 1. The van der Waals surface area contributed by atoms with Gasteiger partial charge in [0, 0.05) is 24.7 Å². The van der Waals surface area contributed by atoms with Crippen LogP contribution in [0.1, 0.15) is 26.3 Å². The van der Waals surface area contributed by atoms with Gasteiger partial charge in [-0.25, -0.2) is 0 Å². The third kappa shape index (κ3) is 3.46. The van der Waals surface area contributed by atoms with Crippen LogP contribution in [0.15, 0.2) is 39.5 Å². The van der Waals surface area contributed by atoms with Gasteiger partial charge in [0.1, 0.15) is 0 Å². The van der Waals surface area contributed by atoms with Crippen LogP contribution in [-0.4, -0.2) is 23.8 Å². The van der Waals surface area contributed by atoms with Crippen LogP contribution in [0, 0.1) is 0 Å². The molecule has 0 atom stereocenters. The number of thiophene rings is 1. The summed E-state index contributed by atoms with van der Waals surface area (Å²) in [5.74, 6) is -0.681. The van der Waals surface area contributed by atoms with Crippen molar-refractivity contribution in [1.82, 2.24) is 4.90 Å². The molecule has 2 amide bonds. The Kier molecular flexibility index (Phi) is 4.57. The predicted octanol–water partition coefficient (Wildman–Crippen LogP) is 2.88. The molecule has 0 aliphatic carbocycles. The van der Waals surface area contributed by atoms with Crippen LogP contribution in [0.3, 0.4) is 0 Å². The van der Waals surface area contributed by atoms with E-state index in [4.69, 9.17) is 5.73 Å². The second-order valence-corrected chi connectivity index (χ2v) is 6.66. The van der Waals surface area contributed by atoms with Crippen LogP contribution < -0.4 is 5.73 Å². The monoisotopic (exact) mass is 352 g/mol. The van der Waals surface area contributed by atoms with Gasteiger partial charge in [-0.15, -0.1) is 11.3 Å². The maximum Gasteiger partial charge on any atom is 0.253 e. The first kappa shape index (κ1) is 14.7. The number of nitrogens with zero attached hydrogens (tertiary/aromatic N) is 1. The van der Waals surface area contributed by atoms with E-state index < -0.39 is 5.91 Å². The molecule has 1 heterocycles. The van der Waals surface area contributed by atoms with Crippen molar-refractivity contribution in [2.24, 2.45) is 5.73 Å². The van der Waals surface area contributed by atoms with Gasteiger partial charge < -0.3 is 10.6 Å². The Morgan fingerprint density at radius 3 is 2.60 bits per heavy atom. The van der Waals surface area contributed by atoms with Gasteiger partial charge in [0.05, 0.1) is 3.79 Å². The molecule has 0 saturated heterocycles. The van der Waals surface area contributed by atoms with Crippen LogP contribution in [-0.2, 0) is 6.54 Å². The first-order valence-electron chi connectivity index (χ1n) is 5.85. The molecular weight excluding hydrogens is 340 g/mol. The fraction of sp³-hybridized carbons (Fsp3) is 0.143. The summed E-state index contributed by atoms with van der Waals surface area (Å²) in [6, 6.07) is 8.42. The fourth-order valence-corrected chi connectivity index (χ4v) is 3.00. The lowest BCUT2D eigenvalue weighted by molar-refractivity contribution is 0.0785. The van der Waals surface area contributed by atoms with Crippen LogP contribution >= 0.6 is 27.3 Å². The van der Waals surface area contributed by atoms with Gasteiger partial charge in [-0.1, -0.05) is 6.07 Å². The van der Waals surface area contributed by atoms with Crippen molar-refractivity contribution in [2.75, 3.05) is 7.05 Å². The number of nitrogens with two attached hydrogens (primary N) is 1. The van der Waals surface area contributed by atoms with E-state index in [-0.39, 0.29) is 5.91 Å². The summed E-state index contributed by atoms with van der Waals surface area (Å²) in [6.07, 6.45) is 0. The highest BCUT2D eigenvalue weighted by molar-refractivity contribution is 9.11. The van der Waals surface area contributed by atoms with Crippen molar-refractivity contribution >= 4 is 39.1 Å². The first-order valence-corrected chi connectivity index (χ1v) is 7.53. The highest BCUT2D eigenvalue weighted by Gasteiger charge is 2.14. The number of rotatable bonds is 4. The lowest BCUT2D eigenvalue weighted by atomic mass is 10.1. The maximum atomic E-state index is 12.3. The van der Waals surface area contributed by atoms with E-state index in [1.54, 1.807) is 41.5 Å². The van der Waals surface area contributed by atoms with Gasteiger partial charge in [-0.3, -0.25) is 9.59 Å². The van der Waals surface area contributed by atoms with Gasteiger partial charge in [-0.2, -0.15) is 0 Å². The Labute approximate surface area is 129 Å². The summed E-state index contributed by atoms with van der Waals surface area (Å²) >= 11 is 4.97. The van der Waals surface area contributed by atoms with E-state index in [0.717, 1.165) is 9.35 Å². The summed E-state index contributed by atoms with van der Waals surface area (Å²) < 4.78 is 1.03. The zero-order chi connectivity index (χ0) is 14.7. The first-order chi connectivity index (χ1) is 9.47. The third-order valence-corrected chi connectivity index (χ3v) is 4.34. The Balaban J connectivity index is 2.14. The molecule has 0 unspecified atom stereocenters. The van der Waals surface area contributed by atoms with Crippen molar-refractivity contribution < 1.29 is 9.59 Å². The van der Waals surface area contributed by atoms with Gasteiger partial charge in [-0.05, 0) is 51.1 Å². The number of carbonyl (C=O) groups is 2. The van der Waals surface area contributed by atoms with Crippen molar-refractivity contribution in [3.05, 3.63) is 56.2 Å². The molecule has 0 aliphatic rings. The largest absolute Gasteiger partial charge is 0.366 e. The molecule has 104 valence electrons. The molecule has 1 aromatic carbocycles. The summed E-state index contributed by atoms with van der Waals surface area (Å²) in [4.78, 5) is 25.0. The molecule has 0 fully saturated rings. The molecule has 0 bridgehead atoms. The van der Waals surface area contributed by atoms with E-state index in [2.05, 4.69) is 15.9 Å². The van der Waals surface area contributed by atoms with Gasteiger partial charge in [0.2, 0.25) is 5.91 Å². The van der Waals surface area contributed by atoms with E-state index in [1.807, 2.05) is 11.4 Å². The van der Waals surface area contributed by atoms with Crippen LogP contribution in [0.2, 0.25) is 0 Å². The second-order valence-electron chi connectivity index (χ2n) is 4.37. The molecular formula is C14H13BrN2O2S. The molecule has 0 radical (unpaired) electrons. The average Bonchev–Trinajstić information content (AvgIpc) is 2.83. The molecule has 2 aromatic rings. The van der Waals surface area contributed by atoms with Crippen LogP contribution in [0.4, 0.5) is 0 Å². The number of carbonyl (C=O) groups excluding carboxylic acids is 2. The normalized spacial score (nSPS) is 10.3. The minimum Gasteiger partial charge on any atom is -0.366 e. The molecule has 4 nitrogen and oxygen atoms in total. The highest BCUT2D eigenvalue weighted by Crippen LogP contribution is 2.22. The van der Waals surface area contributed by atoms with E-state index >= 15 is 0 Å². The number of hydrogen-bond acceptors (Lipinski definition) is 3. The van der Waals surface area contributed by atoms with Crippen LogP contribution in [0.5, 0.6) is 0 Å². The maximum absolute atomic E-state index is 12.3. The molecule has 2 N–H and O–H groups in total. The van der Waals surface area contributed by atoms with E-state index in [1.165, 1.54) is 6.07 Å². The second kappa shape index (κ2) is 6.19. The predicted molar refractivity (Wildman–Crippen MR) is 82.8 cm³/mol. The Morgan fingerprint density at radius 1 is 1.30 bits per heavy atom. The minimum absolute atomic E-state index is 0.143. The Morgan fingerprint density at radius 2 is 2.00 bits per heavy atom. The van der Waals surface area contributed by atoms with Crippen molar-refractivity contribution in [2.45, 2.75) is 6.54 Å². The number of benzene rings is 1. The van der Waals surface area contributed by atoms with E-state index in [0.29, 0.717) is 17.7 Å².